The minimum absolute atomic E-state index is 0.411. The highest BCUT2D eigenvalue weighted by molar-refractivity contribution is 5.72. The van der Waals surface area contributed by atoms with Gasteiger partial charge in [0.1, 0.15) is 17.1 Å². The molecule has 6 N–H and O–H groups in total. The third-order valence-electron chi connectivity index (χ3n) is 7.02. The summed E-state index contributed by atoms with van der Waals surface area (Å²) in [6.07, 6.45) is 13.3. The number of fused-ring (bicyclic) bond motifs is 1. The van der Waals surface area contributed by atoms with Gasteiger partial charge in [0.05, 0.1) is 6.20 Å². The van der Waals surface area contributed by atoms with Crippen molar-refractivity contribution < 1.29 is 10.6 Å². The summed E-state index contributed by atoms with van der Waals surface area (Å²) in [7, 11) is 2.17. The van der Waals surface area contributed by atoms with E-state index < -0.39 is 0 Å². The molecule has 0 radical (unpaired) electrons. The summed E-state index contributed by atoms with van der Waals surface area (Å²) < 4.78 is 0. The van der Waals surface area contributed by atoms with Gasteiger partial charge in [0.25, 0.3) is 0 Å². The highest BCUT2D eigenvalue weighted by Gasteiger charge is 2.31. The van der Waals surface area contributed by atoms with Crippen LogP contribution in [0.2, 0.25) is 0 Å². The van der Waals surface area contributed by atoms with Crippen LogP contribution in [0.5, 0.6) is 0 Å². The second kappa shape index (κ2) is 8.78. The Hall–Kier alpha value is -2.52. The van der Waals surface area contributed by atoms with Gasteiger partial charge in [-0.15, -0.1) is 4.98 Å². The zero-order chi connectivity index (χ0) is 22.2. The molecule has 170 valence electrons. The van der Waals surface area contributed by atoms with E-state index in [0.29, 0.717) is 12.1 Å². The molecule has 0 saturated carbocycles. The Bertz CT molecular complexity index is 1020. The molecular weight excluding hydrogens is 400 g/mol. The third-order valence-corrected chi connectivity index (χ3v) is 7.02. The number of piperidine rings is 1. The predicted molar refractivity (Wildman–Crippen MR) is 127 cm³/mol. The van der Waals surface area contributed by atoms with E-state index in [0.717, 1.165) is 49.1 Å². The largest absolute Gasteiger partial charge is 0.365 e. The molecule has 8 nitrogen and oxygen atoms in total. The summed E-state index contributed by atoms with van der Waals surface area (Å²) in [5, 5.41) is 16.1. The van der Waals surface area contributed by atoms with Crippen molar-refractivity contribution in [2.45, 2.75) is 58.5 Å². The fourth-order valence-electron chi connectivity index (χ4n) is 5.18. The molecule has 1 fully saturated rings. The van der Waals surface area contributed by atoms with E-state index >= 15 is 0 Å². The van der Waals surface area contributed by atoms with Crippen molar-refractivity contribution in [3.63, 3.8) is 0 Å². The molecule has 0 aromatic carbocycles. The number of nitrogens with one attached hydrogen (secondary N) is 2. The molecule has 1 aliphatic carbocycles. The van der Waals surface area contributed by atoms with Gasteiger partial charge in [0.15, 0.2) is 0 Å². The third kappa shape index (κ3) is 3.99. The molecule has 4 aliphatic rings. The number of hydrazine groups is 1. The van der Waals surface area contributed by atoms with Crippen LogP contribution in [0, 0.1) is 0 Å². The number of aromatic nitrogens is 2. The van der Waals surface area contributed by atoms with Gasteiger partial charge in [0.2, 0.25) is 5.82 Å². The topological polar surface area (TPSA) is 89.5 Å². The van der Waals surface area contributed by atoms with Gasteiger partial charge < -0.3 is 10.6 Å². The number of nitrogens with two attached hydrogens (primary N) is 2. The average Bonchev–Trinajstić information content (AvgIpc) is 3.35. The van der Waals surface area contributed by atoms with Crippen molar-refractivity contribution in [3.8, 4) is 0 Å². The van der Waals surface area contributed by atoms with Crippen molar-refractivity contribution in [1.29, 1.82) is 0 Å². The molecule has 2 atom stereocenters. The summed E-state index contributed by atoms with van der Waals surface area (Å²) in [6.45, 7) is 8.76. The van der Waals surface area contributed by atoms with Gasteiger partial charge in [-0.1, -0.05) is 0 Å². The van der Waals surface area contributed by atoms with Crippen LogP contribution in [-0.4, -0.2) is 52.2 Å². The average molecular weight is 437 g/mol. The van der Waals surface area contributed by atoms with E-state index in [9.17, 15) is 0 Å². The van der Waals surface area contributed by atoms with Crippen LogP contribution in [0.4, 0.5) is 17.6 Å². The van der Waals surface area contributed by atoms with Crippen LogP contribution in [0.3, 0.4) is 0 Å². The maximum absolute atomic E-state index is 4.96. The first-order chi connectivity index (χ1) is 15.5. The van der Waals surface area contributed by atoms with Gasteiger partial charge in [-0.05, 0) is 65.2 Å². The number of quaternary nitrogens is 2. The van der Waals surface area contributed by atoms with E-state index in [1.165, 1.54) is 35.5 Å². The molecular formula is C24H36N8+2. The van der Waals surface area contributed by atoms with Gasteiger partial charge >= 0.3 is 5.95 Å². The summed E-state index contributed by atoms with van der Waals surface area (Å²) >= 11 is 0. The van der Waals surface area contributed by atoms with E-state index in [1.807, 2.05) is 0 Å². The normalized spacial score (nSPS) is 25.8. The Kier molecular flexibility index (Phi) is 5.86. The molecule has 1 saturated heterocycles. The molecule has 3 aliphatic heterocycles. The Morgan fingerprint density at radius 3 is 2.91 bits per heavy atom. The zero-order valence-corrected chi connectivity index (χ0v) is 19.7. The van der Waals surface area contributed by atoms with Crippen LogP contribution in [-0.2, 0) is 0 Å². The molecule has 0 amide bonds. The Labute approximate surface area is 190 Å². The number of nitrogens with zero attached hydrogens (tertiary/aromatic N) is 4. The smallest absolute Gasteiger partial charge is 0.337 e. The SMILES string of the molecule is CC1=CC(C)N(C)N1C1=C(C)C([NH2+]c2nc(NC3CCCNC3)c3c(n2)[NH2+]C=C3)=CCC1. The van der Waals surface area contributed by atoms with Gasteiger partial charge in [0, 0.05) is 48.7 Å². The van der Waals surface area contributed by atoms with Crippen LogP contribution in [0.1, 0.15) is 52.0 Å². The number of hydrogen-bond acceptors (Lipinski definition) is 6. The molecule has 0 bridgehead atoms. The molecule has 5 rings (SSSR count). The fourth-order valence-corrected chi connectivity index (χ4v) is 5.18. The number of allylic oxidation sites excluding steroid dienone is 4. The molecule has 1 aromatic rings. The lowest BCUT2D eigenvalue weighted by Gasteiger charge is -2.35. The second-order valence-electron chi connectivity index (χ2n) is 9.29. The summed E-state index contributed by atoms with van der Waals surface area (Å²) in [5.41, 5.74) is 6.31. The summed E-state index contributed by atoms with van der Waals surface area (Å²) in [4.78, 5) is 9.82. The van der Waals surface area contributed by atoms with E-state index in [2.05, 4.69) is 83.5 Å². The highest BCUT2D eigenvalue weighted by Crippen LogP contribution is 2.33. The van der Waals surface area contributed by atoms with Crippen molar-refractivity contribution in [1.82, 2.24) is 25.3 Å². The number of likely N-dealkylation sites (N-methyl/N-ethyl adjacent to an activating group) is 1. The first-order valence-electron chi connectivity index (χ1n) is 11.9. The van der Waals surface area contributed by atoms with Crippen molar-refractivity contribution in [2.75, 3.05) is 25.5 Å². The Morgan fingerprint density at radius 1 is 1.28 bits per heavy atom. The lowest BCUT2D eigenvalue weighted by atomic mass is 10.0. The van der Waals surface area contributed by atoms with E-state index in [-0.39, 0.29) is 0 Å². The number of anilines is 1. The highest BCUT2D eigenvalue weighted by atomic mass is 15.6. The van der Waals surface area contributed by atoms with Gasteiger partial charge in [-0.25, -0.2) is 10.3 Å². The van der Waals surface area contributed by atoms with Crippen LogP contribution < -0.4 is 21.3 Å². The minimum atomic E-state index is 0.411. The van der Waals surface area contributed by atoms with Crippen LogP contribution >= 0.6 is 0 Å². The van der Waals surface area contributed by atoms with Gasteiger partial charge in [-0.3, -0.25) is 10.3 Å². The van der Waals surface area contributed by atoms with Crippen molar-refractivity contribution in [3.05, 3.63) is 46.6 Å². The van der Waals surface area contributed by atoms with Crippen molar-refractivity contribution >= 4 is 23.7 Å². The molecule has 0 spiro atoms. The molecule has 8 heteroatoms. The molecule has 4 heterocycles. The monoisotopic (exact) mass is 436 g/mol. The first kappa shape index (κ1) is 21.3. The second-order valence-corrected chi connectivity index (χ2v) is 9.29. The molecule has 1 aromatic heterocycles. The van der Waals surface area contributed by atoms with E-state index in [4.69, 9.17) is 9.97 Å². The molecule has 32 heavy (non-hydrogen) atoms. The van der Waals surface area contributed by atoms with Crippen molar-refractivity contribution in [2.24, 2.45) is 0 Å². The maximum atomic E-state index is 4.96. The maximum Gasteiger partial charge on any atom is 0.337 e. The van der Waals surface area contributed by atoms with E-state index in [1.54, 1.807) is 0 Å². The Morgan fingerprint density at radius 2 is 2.16 bits per heavy atom. The first-order valence-corrected chi connectivity index (χ1v) is 11.9. The quantitative estimate of drug-likeness (QED) is 0.558. The summed E-state index contributed by atoms with van der Waals surface area (Å²) in [6, 6.07) is 0.828. The Balaban J connectivity index is 1.40. The summed E-state index contributed by atoms with van der Waals surface area (Å²) in [5.74, 6) is 2.73. The minimum Gasteiger partial charge on any atom is -0.365 e. The molecule has 2 unspecified atom stereocenters. The lowest BCUT2D eigenvalue weighted by molar-refractivity contribution is -0.527. The fraction of sp³-hybridized carbons (Fsp3) is 0.500. The standard InChI is InChI=1S/C24H34N8/c1-15-13-16(2)32(31(15)4)21-9-5-8-20(17(21)3)28-24-29-22-19(10-12-26-22)23(30-24)27-18-7-6-11-25-14-18/h8,10,12-13,15,18,25H,5-7,9,11,14H2,1-4H3,(H3,26,27,28,29,30)/p+2. The zero-order valence-electron chi connectivity index (χ0n) is 19.7. The van der Waals surface area contributed by atoms with Crippen LogP contribution in [0.15, 0.2) is 41.0 Å². The predicted octanol–water partition coefficient (Wildman–Crippen LogP) is 1.42. The van der Waals surface area contributed by atoms with Gasteiger partial charge in [-0.2, -0.15) is 4.98 Å². The lowest BCUT2D eigenvalue weighted by Crippen LogP contribution is -2.78. The number of rotatable bonds is 5. The van der Waals surface area contributed by atoms with Crippen LogP contribution in [0.25, 0.3) is 6.08 Å². The number of hydrogen-bond donors (Lipinski definition) is 4.